The van der Waals surface area contributed by atoms with Crippen LogP contribution in [0.4, 0.5) is 0 Å². The molecule has 100 valence electrons. The third-order valence-corrected chi connectivity index (χ3v) is 4.08. The molecule has 1 saturated carbocycles. The first-order valence-corrected chi connectivity index (χ1v) is 6.96. The van der Waals surface area contributed by atoms with Crippen LogP contribution in [0.15, 0.2) is 0 Å². The van der Waals surface area contributed by atoms with Gasteiger partial charge in [-0.25, -0.2) is 0 Å². The molecule has 1 fully saturated rings. The van der Waals surface area contributed by atoms with Crippen molar-refractivity contribution in [1.29, 1.82) is 0 Å². The zero-order valence-corrected chi connectivity index (χ0v) is 11.7. The number of hydrogen-bond donors (Lipinski definition) is 1. The summed E-state index contributed by atoms with van der Waals surface area (Å²) in [5.74, 6) is 1.37. The van der Waals surface area contributed by atoms with Crippen LogP contribution in [0.25, 0.3) is 0 Å². The van der Waals surface area contributed by atoms with Crippen molar-refractivity contribution < 1.29 is 9.53 Å². The van der Waals surface area contributed by atoms with Crippen LogP contribution < -0.4 is 5.32 Å². The highest BCUT2D eigenvalue weighted by atomic mass is 16.5. The quantitative estimate of drug-likeness (QED) is 0.752. The Hall–Kier alpha value is -0.570. The van der Waals surface area contributed by atoms with E-state index in [0.717, 1.165) is 12.5 Å². The van der Waals surface area contributed by atoms with Gasteiger partial charge in [-0.15, -0.1) is 0 Å². The van der Waals surface area contributed by atoms with Crippen LogP contribution in [0.3, 0.4) is 0 Å². The van der Waals surface area contributed by atoms with Crippen LogP contribution >= 0.6 is 0 Å². The van der Waals surface area contributed by atoms with Crippen LogP contribution in [0, 0.1) is 17.8 Å². The average Bonchev–Trinajstić information content (AvgIpc) is 2.31. The van der Waals surface area contributed by atoms with Crippen LogP contribution in [0.1, 0.15) is 47.0 Å². The summed E-state index contributed by atoms with van der Waals surface area (Å²) < 4.78 is 5.01. The van der Waals surface area contributed by atoms with Gasteiger partial charge < -0.3 is 10.1 Å². The van der Waals surface area contributed by atoms with Crippen molar-refractivity contribution in [3.05, 3.63) is 0 Å². The minimum absolute atomic E-state index is 0.0422. The number of nitrogens with one attached hydrogen (secondary N) is 1. The fraction of sp³-hybridized carbons (Fsp3) is 0.929. The van der Waals surface area contributed by atoms with E-state index in [1.165, 1.54) is 19.3 Å². The number of esters is 1. The van der Waals surface area contributed by atoms with Gasteiger partial charge in [-0.1, -0.05) is 33.6 Å². The molecule has 0 aliphatic heterocycles. The highest BCUT2D eigenvalue weighted by molar-refractivity contribution is 5.72. The molecule has 0 radical (unpaired) electrons. The van der Waals surface area contributed by atoms with E-state index < -0.39 is 0 Å². The summed E-state index contributed by atoms with van der Waals surface area (Å²) in [6, 6.07) is 0.565. The zero-order chi connectivity index (χ0) is 12.8. The summed E-state index contributed by atoms with van der Waals surface area (Å²) in [5.41, 5.74) is 0. The fourth-order valence-electron chi connectivity index (χ4n) is 2.57. The molecule has 17 heavy (non-hydrogen) atoms. The molecule has 3 nitrogen and oxygen atoms in total. The van der Waals surface area contributed by atoms with Crippen LogP contribution in [0.2, 0.25) is 0 Å². The first-order valence-electron chi connectivity index (χ1n) is 6.96. The summed E-state index contributed by atoms with van der Waals surface area (Å²) in [6.07, 6.45) is 3.88. The third-order valence-electron chi connectivity index (χ3n) is 4.08. The smallest absolute Gasteiger partial charge is 0.309 e. The van der Waals surface area contributed by atoms with Gasteiger partial charge >= 0.3 is 5.97 Å². The van der Waals surface area contributed by atoms with Crippen molar-refractivity contribution in [2.24, 2.45) is 17.8 Å². The molecule has 4 unspecified atom stereocenters. The molecule has 1 rings (SSSR count). The second kappa shape index (κ2) is 7.00. The minimum Gasteiger partial charge on any atom is -0.466 e. The molecular formula is C14H27NO2. The Morgan fingerprint density at radius 3 is 2.76 bits per heavy atom. The molecule has 1 aliphatic carbocycles. The van der Waals surface area contributed by atoms with E-state index in [0.29, 0.717) is 18.6 Å². The SMILES string of the molecule is CCOC(=O)C(C)CNC1CCCC(C)C1C. The van der Waals surface area contributed by atoms with Crippen molar-refractivity contribution in [1.82, 2.24) is 5.32 Å². The van der Waals surface area contributed by atoms with E-state index in [4.69, 9.17) is 4.74 Å². The topological polar surface area (TPSA) is 38.3 Å². The summed E-state index contributed by atoms with van der Waals surface area (Å²) in [6.45, 7) is 9.63. The Labute approximate surface area is 105 Å². The Balaban J connectivity index is 2.31. The number of carbonyl (C=O) groups is 1. The van der Waals surface area contributed by atoms with Gasteiger partial charge in [-0.2, -0.15) is 0 Å². The summed E-state index contributed by atoms with van der Waals surface area (Å²) >= 11 is 0. The van der Waals surface area contributed by atoms with Gasteiger partial charge in [0.25, 0.3) is 0 Å². The molecule has 0 bridgehead atoms. The lowest BCUT2D eigenvalue weighted by Gasteiger charge is -2.35. The van der Waals surface area contributed by atoms with Gasteiger partial charge in [0.2, 0.25) is 0 Å². The van der Waals surface area contributed by atoms with Crippen LogP contribution in [0.5, 0.6) is 0 Å². The van der Waals surface area contributed by atoms with E-state index in [1.807, 2.05) is 13.8 Å². The molecule has 0 amide bonds. The lowest BCUT2D eigenvalue weighted by atomic mass is 9.78. The van der Waals surface area contributed by atoms with Crippen molar-refractivity contribution >= 4 is 5.97 Å². The number of rotatable bonds is 5. The van der Waals surface area contributed by atoms with E-state index in [1.54, 1.807) is 0 Å². The van der Waals surface area contributed by atoms with E-state index >= 15 is 0 Å². The van der Waals surface area contributed by atoms with Crippen molar-refractivity contribution in [3.63, 3.8) is 0 Å². The maximum atomic E-state index is 11.5. The van der Waals surface area contributed by atoms with Crippen LogP contribution in [-0.4, -0.2) is 25.2 Å². The summed E-state index contributed by atoms with van der Waals surface area (Å²) in [4.78, 5) is 11.5. The lowest BCUT2D eigenvalue weighted by molar-refractivity contribution is -0.147. The molecule has 3 heteroatoms. The summed E-state index contributed by atoms with van der Waals surface area (Å²) in [5, 5.41) is 3.54. The molecule has 4 atom stereocenters. The molecule has 1 aliphatic rings. The van der Waals surface area contributed by atoms with E-state index in [-0.39, 0.29) is 11.9 Å². The van der Waals surface area contributed by atoms with Gasteiger partial charge in [0.05, 0.1) is 12.5 Å². The third kappa shape index (κ3) is 4.30. The molecule has 0 spiro atoms. The van der Waals surface area contributed by atoms with Gasteiger partial charge in [0.1, 0.15) is 0 Å². The molecule has 0 aromatic rings. The first kappa shape index (κ1) is 14.5. The highest BCUT2D eigenvalue weighted by Crippen LogP contribution is 2.29. The molecule has 0 heterocycles. The van der Waals surface area contributed by atoms with Gasteiger partial charge in [0.15, 0.2) is 0 Å². The van der Waals surface area contributed by atoms with Gasteiger partial charge in [0, 0.05) is 12.6 Å². The van der Waals surface area contributed by atoms with Crippen molar-refractivity contribution in [3.8, 4) is 0 Å². The van der Waals surface area contributed by atoms with E-state index in [2.05, 4.69) is 19.2 Å². The van der Waals surface area contributed by atoms with Crippen molar-refractivity contribution in [2.75, 3.05) is 13.2 Å². The molecule has 0 saturated heterocycles. The second-order valence-corrected chi connectivity index (χ2v) is 5.44. The van der Waals surface area contributed by atoms with E-state index in [9.17, 15) is 4.79 Å². The van der Waals surface area contributed by atoms with Crippen molar-refractivity contribution in [2.45, 2.75) is 53.0 Å². The molecular weight excluding hydrogens is 214 g/mol. The standard InChI is InChI=1S/C14H27NO2/c1-5-17-14(16)11(3)9-15-13-8-6-7-10(2)12(13)4/h10-13,15H,5-9H2,1-4H3. The predicted molar refractivity (Wildman–Crippen MR) is 69.8 cm³/mol. The Morgan fingerprint density at radius 1 is 1.41 bits per heavy atom. The molecule has 0 aromatic carbocycles. The highest BCUT2D eigenvalue weighted by Gasteiger charge is 2.27. The van der Waals surface area contributed by atoms with Gasteiger partial charge in [-0.3, -0.25) is 4.79 Å². The Kier molecular flexibility index (Phi) is 5.96. The van der Waals surface area contributed by atoms with Gasteiger partial charge in [-0.05, 0) is 25.2 Å². The fourth-order valence-corrected chi connectivity index (χ4v) is 2.57. The van der Waals surface area contributed by atoms with Crippen LogP contribution in [-0.2, 0) is 9.53 Å². The minimum atomic E-state index is -0.0866. The Morgan fingerprint density at radius 2 is 2.12 bits per heavy atom. The number of hydrogen-bond acceptors (Lipinski definition) is 3. The lowest BCUT2D eigenvalue weighted by Crippen LogP contribution is -2.43. The normalized spacial score (nSPS) is 30.9. The largest absolute Gasteiger partial charge is 0.466 e. The monoisotopic (exact) mass is 241 g/mol. The number of ether oxygens (including phenoxy) is 1. The molecule has 0 aromatic heterocycles. The number of carbonyl (C=O) groups excluding carboxylic acids is 1. The predicted octanol–water partition coefficient (Wildman–Crippen LogP) is 2.60. The Bertz CT molecular complexity index is 242. The summed E-state index contributed by atoms with van der Waals surface area (Å²) in [7, 11) is 0. The second-order valence-electron chi connectivity index (χ2n) is 5.44. The average molecular weight is 241 g/mol. The first-order chi connectivity index (χ1) is 8.06. The maximum Gasteiger partial charge on any atom is 0.309 e. The maximum absolute atomic E-state index is 11.5. The molecule has 1 N–H and O–H groups in total. The zero-order valence-electron chi connectivity index (χ0n) is 11.7.